The van der Waals surface area contributed by atoms with Gasteiger partial charge in [0.2, 0.25) is 5.95 Å². The first-order valence-electron chi connectivity index (χ1n) is 8.06. The van der Waals surface area contributed by atoms with E-state index in [-0.39, 0.29) is 0 Å². The molecule has 0 unspecified atom stereocenters. The Morgan fingerprint density at radius 3 is 2.27 bits per heavy atom. The number of pyridine rings is 1. The third-order valence-corrected chi connectivity index (χ3v) is 4.26. The molecule has 2 aromatic carbocycles. The zero-order chi connectivity index (χ0) is 18.1. The van der Waals surface area contributed by atoms with Crippen LogP contribution < -0.4 is 9.47 Å². The normalized spacial score (nSPS) is 10.9. The number of benzene rings is 2. The summed E-state index contributed by atoms with van der Waals surface area (Å²) < 4.78 is 30.4. The van der Waals surface area contributed by atoms with Crippen molar-refractivity contribution < 1.29 is 18.3 Å². The molecule has 0 atom stereocenters. The van der Waals surface area contributed by atoms with Crippen molar-refractivity contribution in [1.82, 2.24) is 4.98 Å². The van der Waals surface area contributed by atoms with Crippen LogP contribution in [-0.4, -0.2) is 19.2 Å². The van der Waals surface area contributed by atoms with Crippen LogP contribution in [0.15, 0.2) is 65.2 Å². The van der Waals surface area contributed by atoms with E-state index in [0.717, 1.165) is 22.3 Å². The Balaban J connectivity index is 1.99. The summed E-state index contributed by atoms with van der Waals surface area (Å²) in [6.07, 6.45) is 1.45. The van der Waals surface area contributed by atoms with Crippen LogP contribution in [0.25, 0.3) is 33.4 Å². The van der Waals surface area contributed by atoms with Gasteiger partial charge in [-0.15, -0.1) is 0 Å². The number of ether oxygens (including phenoxy) is 2. The van der Waals surface area contributed by atoms with E-state index in [0.29, 0.717) is 22.7 Å². The fourth-order valence-corrected chi connectivity index (χ4v) is 2.99. The summed E-state index contributed by atoms with van der Waals surface area (Å²) in [5.41, 5.74) is 3.05. The average Bonchev–Trinajstić information content (AvgIpc) is 3.06. The monoisotopic (exact) mass is 349 g/mol. The van der Waals surface area contributed by atoms with Crippen molar-refractivity contribution in [2.75, 3.05) is 14.2 Å². The third-order valence-electron chi connectivity index (χ3n) is 4.26. The van der Waals surface area contributed by atoms with E-state index >= 15 is 0 Å². The number of aromatic nitrogens is 1. The maximum Gasteiger partial charge on any atom is 0.213 e. The maximum atomic E-state index is 13.7. The van der Waals surface area contributed by atoms with Gasteiger partial charge in [0, 0.05) is 34.8 Å². The Morgan fingerprint density at radius 1 is 0.846 bits per heavy atom. The van der Waals surface area contributed by atoms with Gasteiger partial charge in [0.05, 0.1) is 14.2 Å². The van der Waals surface area contributed by atoms with E-state index in [1.807, 2.05) is 42.5 Å². The summed E-state index contributed by atoms with van der Waals surface area (Å²) in [6.45, 7) is 0. The second-order valence-corrected chi connectivity index (χ2v) is 5.76. The SMILES string of the molecule is COc1ccc(-c2oc3cc(OC)ccc3c2-c2ccnc(F)c2)cc1. The van der Waals surface area contributed by atoms with Gasteiger partial charge >= 0.3 is 0 Å². The van der Waals surface area contributed by atoms with E-state index < -0.39 is 5.95 Å². The minimum Gasteiger partial charge on any atom is -0.497 e. The molecular weight excluding hydrogens is 333 g/mol. The molecule has 130 valence electrons. The van der Waals surface area contributed by atoms with Crippen LogP contribution >= 0.6 is 0 Å². The summed E-state index contributed by atoms with van der Waals surface area (Å²) in [7, 11) is 3.22. The fraction of sp³-hybridized carbons (Fsp3) is 0.0952. The van der Waals surface area contributed by atoms with Gasteiger partial charge in [0.15, 0.2) is 0 Å². The van der Waals surface area contributed by atoms with Gasteiger partial charge in [-0.2, -0.15) is 4.39 Å². The van der Waals surface area contributed by atoms with E-state index in [9.17, 15) is 4.39 Å². The number of fused-ring (bicyclic) bond motifs is 1. The molecule has 4 aromatic rings. The van der Waals surface area contributed by atoms with Gasteiger partial charge in [-0.3, -0.25) is 0 Å². The molecule has 0 aliphatic carbocycles. The molecular formula is C21H16FNO3. The maximum absolute atomic E-state index is 13.7. The van der Waals surface area contributed by atoms with Crippen molar-refractivity contribution in [3.8, 4) is 33.9 Å². The van der Waals surface area contributed by atoms with Crippen LogP contribution in [0, 0.1) is 5.95 Å². The van der Waals surface area contributed by atoms with Gasteiger partial charge < -0.3 is 13.9 Å². The Bertz CT molecular complexity index is 1070. The molecule has 0 fully saturated rings. The fourth-order valence-electron chi connectivity index (χ4n) is 2.99. The first kappa shape index (κ1) is 16.1. The molecule has 2 heterocycles. The van der Waals surface area contributed by atoms with Gasteiger partial charge in [-0.1, -0.05) is 0 Å². The molecule has 4 nitrogen and oxygen atoms in total. The lowest BCUT2D eigenvalue weighted by molar-refractivity contribution is 0.414. The quantitative estimate of drug-likeness (QED) is 0.468. The molecule has 0 bridgehead atoms. The molecule has 0 amide bonds. The van der Waals surface area contributed by atoms with Crippen LogP contribution in [0.2, 0.25) is 0 Å². The first-order valence-corrected chi connectivity index (χ1v) is 8.06. The third kappa shape index (κ3) is 2.77. The van der Waals surface area contributed by atoms with Gasteiger partial charge in [-0.05, 0) is 48.0 Å². The summed E-state index contributed by atoms with van der Waals surface area (Å²) in [5.74, 6) is 1.57. The van der Waals surface area contributed by atoms with Crippen LogP contribution in [0.4, 0.5) is 4.39 Å². The van der Waals surface area contributed by atoms with Crippen LogP contribution in [0.5, 0.6) is 11.5 Å². The Morgan fingerprint density at radius 2 is 1.58 bits per heavy atom. The average molecular weight is 349 g/mol. The molecule has 0 N–H and O–H groups in total. The minimum absolute atomic E-state index is 0.536. The van der Waals surface area contributed by atoms with Gasteiger partial charge in [-0.25, -0.2) is 4.98 Å². The highest BCUT2D eigenvalue weighted by molar-refractivity contribution is 6.02. The molecule has 5 heteroatoms. The number of hydrogen-bond donors (Lipinski definition) is 0. The highest BCUT2D eigenvalue weighted by Gasteiger charge is 2.19. The molecule has 2 aromatic heterocycles. The zero-order valence-corrected chi connectivity index (χ0v) is 14.3. The van der Waals surface area contributed by atoms with Crippen molar-refractivity contribution in [3.63, 3.8) is 0 Å². The Kier molecular flexibility index (Phi) is 4.05. The van der Waals surface area contributed by atoms with Crippen molar-refractivity contribution in [2.24, 2.45) is 0 Å². The van der Waals surface area contributed by atoms with Crippen molar-refractivity contribution in [1.29, 1.82) is 0 Å². The Labute approximate surface area is 149 Å². The summed E-state index contributed by atoms with van der Waals surface area (Å²) >= 11 is 0. The van der Waals surface area contributed by atoms with Crippen LogP contribution in [0.1, 0.15) is 0 Å². The lowest BCUT2D eigenvalue weighted by atomic mass is 9.99. The molecule has 0 saturated heterocycles. The lowest BCUT2D eigenvalue weighted by Gasteiger charge is -2.05. The summed E-state index contributed by atoms with van der Waals surface area (Å²) in [5, 5.41) is 0.877. The summed E-state index contributed by atoms with van der Waals surface area (Å²) in [6, 6.07) is 16.3. The van der Waals surface area contributed by atoms with E-state index in [2.05, 4.69) is 4.98 Å². The molecule has 26 heavy (non-hydrogen) atoms. The molecule has 0 spiro atoms. The predicted octanol–water partition coefficient (Wildman–Crippen LogP) is 5.32. The molecule has 0 aliphatic rings. The standard InChI is InChI=1S/C21H16FNO3/c1-24-15-5-3-13(4-6-15)21-20(14-9-10-23-19(22)11-14)17-8-7-16(25-2)12-18(17)26-21/h3-12H,1-2H3. The van der Waals surface area contributed by atoms with Crippen molar-refractivity contribution in [2.45, 2.75) is 0 Å². The van der Waals surface area contributed by atoms with Crippen LogP contribution in [0.3, 0.4) is 0 Å². The molecule has 4 rings (SSSR count). The highest BCUT2D eigenvalue weighted by atomic mass is 19.1. The lowest BCUT2D eigenvalue weighted by Crippen LogP contribution is -1.86. The van der Waals surface area contributed by atoms with E-state index in [1.54, 1.807) is 20.3 Å². The number of halogens is 1. The number of furan rings is 1. The second kappa shape index (κ2) is 6.52. The van der Waals surface area contributed by atoms with E-state index in [4.69, 9.17) is 13.9 Å². The minimum atomic E-state index is -0.536. The predicted molar refractivity (Wildman–Crippen MR) is 97.9 cm³/mol. The van der Waals surface area contributed by atoms with Crippen molar-refractivity contribution in [3.05, 3.63) is 66.7 Å². The second-order valence-electron chi connectivity index (χ2n) is 5.76. The smallest absolute Gasteiger partial charge is 0.213 e. The topological polar surface area (TPSA) is 44.5 Å². The Hall–Kier alpha value is -3.34. The molecule has 0 aliphatic heterocycles. The number of methoxy groups -OCH3 is 2. The number of rotatable bonds is 4. The molecule has 0 radical (unpaired) electrons. The number of hydrogen-bond acceptors (Lipinski definition) is 4. The van der Waals surface area contributed by atoms with Gasteiger partial charge in [0.25, 0.3) is 0 Å². The van der Waals surface area contributed by atoms with Crippen LogP contribution in [-0.2, 0) is 0 Å². The molecule has 0 saturated carbocycles. The zero-order valence-electron chi connectivity index (χ0n) is 14.3. The van der Waals surface area contributed by atoms with Gasteiger partial charge in [0.1, 0.15) is 22.8 Å². The summed E-state index contributed by atoms with van der Waals surface area (Å²) in [4.78, 5) is 3.65. The highest BCUT2D eigenvalue weighted by Crippen LogP contribution is 2.42. The van der Waals surface area contributed by atoms with E-state index in [1.165, 1.54) is 12.3 Å². The largest absolute Gasteiger partial charge is 0.497 e. The first-order chi connectivity index (χ1) is 12.7. The van der Waals surface area contributed by atoms with Crippen molar-refractivity contribution >= 4 is 11.0 Å². The number of nitrogens with zero attached hydrogens (tertiary/aromatic N) is 1.